The van der Waals surface area contributed by atoms with E-state index in [0.717, 1.165) is 0 Å². The van der Waals surface area contributed by atoms with Crippen LogP contribution >= 0.6 is 11.6 Å². The summed E-state index contributed by atoms with van der Waals surface area (Å²) >= 11 is 4.67. The summed E-state index contributed by atoms with van der Waals surface area (Å²) in [6.45, 7) is -1.58. The quantitative estimate of drug-likeness (QED) is 0.0449. The van der Waals surface area contributed by atoms with Crippen LogP contribution in [-0.2, 0) is 29.6 Å². The molecule has 464 valence electrons. The predicted octanol–water partition coefficient (Wildman–Crippen LogP) is 4.08. The molecule has 0 aromatic carbocycles. The van der Waals surface area contributed by atoms with Crippen LogP contribution in [0.5, 0.6) is 0 Å². The molecule has 0 rings (SSSR count). The van der Waals surface area contributed by atoms with Crippen molar-refractivity contribution in [2.24, 2.45) is 11.8 Å². The number of carboxylic acids is 2. The third kappa shape index (κ3) is 24.1. The number of nitrogens with zero attached hydrogens (tertiary/aromatic N) is 2. The van der Waals surface area contributed by atoms with E-state index in [0.29, 0.717) is 0 Å². The summed E-state index contributed by atoms with van der Waals surface area (Å²) in [6.07, 6.45) is -69.9. The fraction of sp³-hybridized carbons (Fsp3) is 0.941. The van der Waals surface area contributed by atoms with Gasteiger partial charge in [-0.25, -0.2) is 43.8 Å². The minimum Gasteiger partial charge on any atom is -0.549 e. The second-order valence-electron chi connectivity index (χ2n) is 17.0. The van der Waals surface area contributed by atoms with Gasteiger partial charge in [-0.1, -0.05) is 0 Å². The number of hydrogen-bond donors (Lipinski definition) is 2. The van der Waals surface area contributed by atoms with Gasteiger partial charge in [-0.3, -0.25) is 0 Å². The van der Waals surface area contributed by atoms with Crippen molar-refractivity contribution in [1.29, 1.82) is 0 Å². The number of sulfonamides is 2. The third-order valence-electron chi connectivity index (χ3n) is 10.1. The van der Waals surface area contributed by atoms with Crippen LogP contribution in [0, 0.1) is 11.8 Å². The average Bonchev–Trinajstić information content (AvgIpc) is 3.17. The van der Waals surface area contributed by atoms with E-state index >= 15 is 0 Å². The molecule has 0 fully saturated rings. The number of carbonyl (C=O) groups excluding carboxylic acids is 2. The van der Waals surface area contributed by atoms with E-state index in [1.807, 2.05) is 0 Å². The molecule has 2 atom stereocenters. The van der Waals surface area contributed by atoms with E-state index in [4.69, 9.17) is 9.90 Å². The number of carbonyl (C=O) groups is 2. The van der Waals surface area contributed by atoms with Gasteiger partial charge >= 0.3 is 90.3 Å². The Labute approximate surface area is 450 Å². The van der Waals surface area contributed by atoms with Crippen LogP contribution in [0.1, 0.15) is 38.5 Å². The van der Waals surface area contributed by atoms with Gasteiger partial charge in [-0.15, -0.1) is 11.6 Å². The number of likely N-dealkylation sites (N-methyl/N-ethyl adjacent to an activating group) is 1. The molecule has 0 aliphatic heterocycles. The molecule has 0 aromatic rings. The Hall–Kier alpha value is -1.99. The monoisotopic (exact) mass is 1290 g/mol. The first-order chi connectivity index (χ1) is 33.4. The fourth-order valence-electron chi connectivity index (χ4n) is 6.12. The van der Waals surface area contributed by atoms with Crippen LogP contribution in [0.25, 0.3) is 0 Å². The summed E-state index contributed by atoms with van der Waals surface area (Å²) in [5.74, 6) is -16.2. The molecule has 0 saturated heterocycles. The number of hydrogen-bond acceptors (Lipinski definition) is 9. The molecule has 0 amide bonds. The van der Waals surface area contributed by atoms with Crippen LogP contribution in [-0.4, -0.2) is 189 Å². The van der Waals surface area contributed by atoms with E-state index < -0.39 is 179 Å². The van der Waals surface area contributed by atoms with E-state index in [1.54, 1.807) is 23.5 Å². The van der Waals surface area contributed by atoms with Crippen molar-refractivity contribution in [3.05, 3.63) is 0 Å². The van der Waals surface area contributed by atoms with Crippen molar-refractivity contribution in [3.63, 3.8) is 0 Å². The topological polar surface area (TPSA) is 176 Å². The largest absolute Gasteiger partial charge is 1.00 e. The summed E-state index contributed by atoms with van der Waals surface area (Å²) in [4.78, 5) is 21.3. The van der Waals surface area contributed by atoms with Gasteiger partial charge in [0.1, 0.15) is 6.54 Å². The Kier molecular flexibility index (Phi) is 30.7. The smallest absolute Gasteiger partial charge is 0.549 e. The van der Waals surface area contributed by atoms with Gasteiger partial charge in [0.25, 0.3) is 11.3 Å². The van der Waals surface area contributed by atoms with Crippen molar-refractivity contribution < 1.29 is 194 Å². The minimum atomic E-state index is -7.23. The number of nitrogens with one attached hydrogen (secondary N) is 2. The number of aliphatic carboxylic acids is 2. The minimum absolute atomic E-state index is 0. The molecule has 0 saturated carbocycles. The maximum absolute atomic E-state index is 14.5. The number of rotatable bonds is 25. The van der Waals surface area contributed by atoms with Crippen molar-refractivity contribution >= 4 is 43.6 Å². The summed E-state index contributed by atoms with van der Waals surface area (Å²) in [5.41, 5.74) is -27.1. The molecule has 44 heteroatoms. The molecule has 0 aliphatic carbocycles. The molecule has 2 N–H and O–H groups in total. The van der Waals surface area contributed by atoms with E-state index in [9.17, 15) is 150 Å². The maximum atomic E-state index is 14.5. The second kappa shape index (κ2) is 29.0. The molecular formula is C34H44ClF28N4NaO8S2. The van der Waals surface area contributed by atoms with Crippen LogP contribution < -0.4 is 49.2 Å². The van der Waals surface area contributed by atoms with Gasteiger partial charge < -0.3 is 29.2 Å². The molecule has 0 radical (unpaired) electrons. The van der Waals surface area contributed by atoms with Crippen LogP contribution in [0.2, 0.25) is 0 Å². The first kappa shape index (κ1) is 82.5. The van der Waals surface area contributed by atoms with Gasteiger partial charge in [-0.2, -0.15) is 105 Å². The van der Waals surface area contributed by atoms with Crippen molar-refractivity contribution in [2.75, 3.05) is 78.3 Å². The zero-order chi connectivity index (χ0) is 62.7. The summed E-state index contributed by atoms with van der Waals surface area (Å²) in [5, 5.41) is 19.7. The Bertz CT molecular complexity index is 2020. The van der Waals surface area contributed by atoms with Gasteiger partial charge in [0.15, 0.2) is 0 Å². The van der Waals surface area contributed by atoms with Crippen LogP contribution in [0.4, 0.5) is 123 Å². The third-order valence-corrected chi connectivity index (χ3v) is 13.2. The maximum Gasteiger partial charge on any atom is 1.00 e. The number of carboxylic acid groups (broad SMARTS) is 2. The van der Waals surface area contributed by atoms with Crippen LogP contribution in [0.3, 0.4) is 0 Å². The van der Waals surface area contributed by atoms with E-state index in [-0.39, 0.29) is 60.0 Å². The standard InChI is InChI=1S/C17H22F14N2O4S.C15H20F14N2O2S.C2H3ClO2.Na/c1-33(2,9-11(34)35)6-3-5-32-38(36,37)7-4-10(13(19,16(26,27)28)17(29,30)31)8-12(18,14(20,21)22)15(23,24)25;1-31(2)6-3-5-30-34(32,33)7-4-9(11(17,14(24,25)26)15(27,28)29)8-10(16,12(18,19)20)13(21,22)23;3-1-2(4)5;/h10,32H,3-9H2,1-2H3;9,30H,3-8H2,1-2H3;1H2,(H,4,5);/q;;;+1/p-1. The number of alkyl halides is 29. The van der Waals surface area contributed by atoms with E-state index in [2.05, 4.69) is 11.6 Å². The van der Waals surface area contributed by atoms with Crippen LogP contribution in [0.15, 0.2) is 0 Å². The Morgan fingerprint density at radius 1 is 0.500 bits per heavy atom. The molecule has 2 unspecified atom stereocenters. The van der Waals surface area contributed by atoms with E-state index in [1.165, 1.54) is 19.0 Å². The average molecular weight is 1290 g/mol. The zero-order valence-electron chi connectivity index (χ0n) is 40.0. The van der Waals surface area contributed by atoms with Crippen molar-refractivity contribution in [1.82, 2.24) is 14.3 Å². The van der Waals surface area contributed by atoms with Crippen molar-refractivity contribution in [2.45, 2.75) is 111 Å². The SMILES string of the molecule is CN(C)CCCNS(=O)(=O)CCC(CC(F)(C(F)(F)F)C(F)(F)F)C(F)(C(F)(F)F)C(F)(F)F.C[N+](C)(CCCNS(=O)(=O)CCC(CC(F)(C(F)(F)F)C(F)(F)F)C(F)(C(F)(F)F)C(F)(F)F)CC(=O)[O-].O=C([O-])CCl.[Na+]. The molecule has 0 spiro atoms. The zero-order valence-corrected chi connectivity index (χ0v) is 44.4. The molecule has 78 heavy (non-hydrogen) atoms. The molecule has 0 bridgehead atoms. The number of quaternary nitrogens is 1. The molecule has 0 aliphatic rings. The molecule has 12 nitrogen and oxygen atoms in total. The second-order valence-corrected chi connectivity index (χ2v) is 21.1. The molecule has 0 heterocycles. The Balaban J connectivity index is -0.000000640. The Morgan fingerprint density at radius 3 is 0.962 bits per heavy atom. The number of halogens is 29. The summed E-state index contributed by atoms with van der Waals surface area (Å²) in [7, 11) is -4.21. The molecule has 0 aromatic heterocycles. The van der Waals surface area contributed by atoms with Gasteiger partial charge in [-0.05, 0) is 39.9 Å². The summed E-state index contributed by atoms with van der Waals surface area (Å²) in [6, 6.07) is 0. The van der Waals surface area contributed by atoms with Gasteiger partial charge in [0.2, 0.25) is 20.0 Å². The molecular weight excluding hydrogens is 1250 g/mol. The first-order valence-electron chi connectivity index (χ1n) is 20.1. The summed E-state index contributed by atoms with van der Waals surface area (Å²) < 4.78 is 418. The van der Waals surface area contributed by atoms with Gasteiger partial charge in [0.05, 0.1) is 50.0 Å². The normalized spacial score (nSPS) is 15.4. The van der Waals surface area contributed by atoms with Crippen molar-refractivity contribution in [3.8, 4) is 0 Å². The Morgan fingerprint density at radius 2 is 0.756 bits per heavy atom. The fourth-order valence-corrected chi connectivity index (χ4v) is 8.51. The van der Waals surface area contributed by atoms with Gasteiger partial charge in [0, 0.05) is 44.2 Å². The first-order valence-corrected chi connectivity index (χ1v) is 23.9. The predicted molar refractivity (Wildman–Crippen MR) is 203 cm³/mol.